The van der Waals surface area contributed by atoms with Gasteiger partial charge in [0.2, 0.25) is 10.0 Å². The first kappa shape index (κ1) is 15.7. The predicted molar refractivity (Wildman–Crippen MR) is 74.5 cm³/mol. The minimum atomic E-state index is -3.82. The van der Waals surface area contributed by atoms with E-state index in [4.69, 9.17) is 5.14 Å². The first-order valence-electron chi connectivity index (χ1n) is 6.11. The van der Waals surface area contributed by atoms with Crippen LogP contribution in [0.4, 0.5) is 0 Å². The fourth-order valence-corrected chi connectivity index (χ4v) is 2.58. The SMILES string of the molecule is CCC(C)NC(=O)c1cc(S(N)(=O)=O)c(C)cc1C. The normalized spacial score (nSPS) is 13.1. The molecule has 0 aromatic heterocycles. The van der Waals surface area contributed by atoms with Crippen molar-refractivity contribution < 1.29 is 13.2 Å². The zero-order chi connectivity index (χ0) is 14.8. The predicted octanol–water partition coefficient (Wildman–Crippen LogP) is 1.48. The van der Waals surface area contributed by atoms with Crippen molar-refractivity contribution in [1.29, 1.82) is 0 Å². The molecule has 0 aliphatic heterocycles. The van der Waals surface area contributed by atoms with Crippen molar-refractivity contribution in [2.24, 2.45) is 5.14 Å². The first-order chi connectivity index (χ1) is 8.66. The van der Waals surface area contributed by atoms with E-state index in [-0.39, 0.29) is 16.8 Å². The number of hydrogen-bond acceptors (Lipinski definition) is 3. The van der Waals surface area contributed by atoms with Gasteiger partial charge in [-0.15, -0.1) is 0 Å². The average molecular weight is 284 g/mol. The number of rotatable bonds is 4. The smallest absolute Gasteiger partial charge is 0.251 e. The molecule has 0 heterocycles. The van der Waals surface area contributed by atoms with Crippen LogP contribution in [0.25, 0.3) is 0 Å². The van der Waals surface area contributed by atoms with E-state index < -0.39 is 10.0 Å². The molecule has 1 unspecified atom stereocenters. The van der Waals surface area contributed by atoms with Gasteiger partial charge in [-0.05, 0) is 44.4 Å². The van der Waals surface area contributed by atoms with Crippen LogP contribution in [0.15, 0.2) is 17.0 Å². The van der Waals surface area contributed by atoms with Gasteiger partial charge in [0, 0.05) is 11.6 Å². The van der Waals surface area contributed by atoms with Gasteiger partial charge in [-0.2, -0.15) is 0 Å². The number of benzene rings is 1. The summed E-state index contributed by atoms with van der Waals surface area (Å²) in [6, 6.07) is 3.04. The van der Waals surface area contributed by atoms with Crippen molar-refractivity contribution in [3.8, 4) is 0 Å². The van der Waals surface area contributed by atoms with Crippen molar-refractivity contribution in [3.05, 3.63) is 28.8 Å². The highest BCUT2D eigenvalue weighted by Gasteiger charge is 2.18. The van der Waals surface area contributed by atoms with E-state index in [2.05, 4.69) is 5.32 Å². The number of primary sulfonamides is 1. The van der Waals surface area contributed by atoms with Crippen LogP contribution in [0.5, 0.6) is 0 Å². The Morgan fingerprint density at radius 1 is 1.32 bits per heavy atom. The third-order valence-electron chi connectivity index (χ3n) is 3.06. The molecule has 0 aliphatic rings. The minimum Gasteiger partial charge on any atom is -0.350 e. The van der Waals surface area contributed by atoms with Gasteiger partial charge >= 0.3 is 0 Å². The highest BCUT2D eigenvalue weighted by molar-refractivity contribution is 7.89. The Hall–Kier alpha value is -1.40. The number of hydrogen-bond donors (Lipinski definition) is 2. The minimum absolute atomic E-state index is 0.00704. The van der Waals surface area contributed by atoms with Gasteiger partial charge in [-0.3, -0.25) is 4.79 Å². The van der Waals surface area contributed by atoms with Gasteiger partial charge < -0.3 is 5.32 Å². The average Bonchev–Trinajstić information content (AvgIpc) is 2.26. The second kappa shape index (κ2) is 5.71. The van der Waals surface area contributed by atoms with Crippen molar-refractivity contribution >= 4 is 15.9 Å². The van der Waals surface area contributed by atoms with E-state index in [1.54, 1.807) is 19.9 Å². The second-order valence-electron chi connectivity index (χ2n) is 4.76. The lowest BCUT2D eigenvalue weighted by atomic mass is 10.0. The maximum Gasteiger partial charge on any atom is 0.251 e. The molecule has 0 radical (unpaired) electrons. The highest BCUT2D eigenvalue weighted by Crippen LogP contribution is 2.19. The van der Waals surface area contributed by atoms with Crippen LogP contribution in [-0.2, 0) is 10.0 Å². The summed E-state index contributed by atoms with van der Waals surface area (Å²) < 4.78 is 22.9. The van der Waals surface area contributed by atoms with Crippen LogP contribution >= 0.6 is 0 Å². The number of carbonyl (C=O) groups excluding carboxylic acids is 1. The Morgan fingerprint density at radius 3 is 2.37 bits per heavy atom. The molecule has 6 heteroatoms. The Balaban J connectivity index is 3.26. The molecule has 3 N–H and O–H groups in total. The molecule has 1 rings (SSSR count). The Labute approximate surface area is 114 Å². The van der Waals surface area contributed by atoms with Crippen LogP contribution in [-0.4, -0.2) is 20.4 Å². The number of nitrogens with one attached hydrogen (secondary N) is 1. The number of nitrogens with two attached hydrogens (primary N) is 1. The van der Waals surface area contributed by atoms with E-state index in [9.17, 15) is 13.2 Å². The second-order valence-corrected chi connectivity index (χ2v) is 6.29. The molecule has 19 heavy (non-hydrogen) atoms. The topological polar surface area (TPSA) is 89.3 Å². The fraction of sp³-hybridized carbons (Fsp3) is 0.462. The summed E-state index contributed by atoms with van der Waals surface area (Å²) >= 11 is 0. The van der Waals surface area contributed by atoms with E-state index in [0.717, 1.165) is 12.0 Å². The van der Waals surface area contributed by atoms with Crippen LogP contribution < -0.4 is 10.5 Å². The lowest BCUT2D eigenvalue weighted by Crippen LogP contribution is -2.32. The van der Waals surface area contributed by atoms with E-state index in [0.29, 0.717) is 11.1 Å². The maximum atomic E-state index is 12.1. The molecule has 1 aromatic carbocycles. The summed E-state index contributed by atoms with van der Waals surface area (Å²) in [5, 5.41) is 7.95. The Morgan fingerprint density at radius 2 is 1.89 bits per heavy atom. The summed E-state index contributed by atoms with van der Waals surface area (Å²) in [4.78, 5) is 12.1. The standard InChI is InChI=1S/C13H20N2O3S/c1-5-10(4)15-13(16)11-7-12(19(14,17)18)9(3)6-8(11)2/h6-7,10H,5H2,1-4H3,(H,15,16)(H2,14,17,18). The van der Waals surface area contributed by atoms with Crippen LogP contribution in [0.3, 0.4) is 0 Å². The van der Waals surface area contributed by atoms with Crippen molar-refractivity contribution in [2.75, 3.05) is 0 Å². The molecule has 0 saturated carbocycles. The molecule has 5 nitrogen and oxygen atoms in total. The van der Waals surface area contributed by atoms with E-state index in [1.165, 1.54) is 6.07 Å². The quantitative estimate of drug-likeness (QED) is 0.877. The van der Waals surface area contributed by atoms with Crippen LogP contribution in [0.1, 0.15) is 41.8 Å². The van der Waals surface area contributed by atoms with Crippen molar-refractivity contribution in [2.45, 2.75) is 45.1 Å². The summed E-state index contributed by atoms with van der Waals surface area (Å²) in [6.45, 7) is 7.28. The lowest BCUT2D eigenvalue weighted by molar-refractivity contribution is 0.0938. The van der Waals surface area contributed by atoms with Gasteiger partial charge in [-0.25, -0.2) is 13.6 Å². The van der Waals surface area contributed by atoms with Gasteiger partial charge in [0.15, 0.2) is 0 Å². The van der Waals surface area contributed by atoms with Gasteiger partial charge in [-0.1, -0.05) is 13.0 Å². The molecule has 1 aromatic rings. The monoisotopic (exact) mass is 284 g/mol. The number of aryl methyl sites for hydroxylation is 2. The molecule has 0 fully saturated rings. The maximum absolute atomic E-state index is 12.1. The van der Waals surface area contributed by atoms with E-state index >= 15 is 0 Å². The first-order valence-corrected chi connectivity index (χ1v) is 7.66. The molecule has 0 aliphatic carbocycles. The zero-order valence-corrected chi connectivity index (χ0v) is 12.5. The fourth-order valence-electron chi connectivity index (χ4n) is 1.79. The summed E-state index contributed by atoms with van der Waals surface area (Å²) in [5.41, 5.74) is 1.61. The highest BCUT2D eigenvalue weighted by atomic mass is 32.2. The molecule has 1 amide bonds. The van der Waals surface area contributed by atoms with Gasteiger partial charge in [0.1, 0.15) is 0 Å². The number of sulfonamides is 1. The molecule has 106 valence electrons. The van der Waals surface area contributed by atoms with Crippen LogP contribution in [0, 0.1) is 13.8 Å². The van der Waals surface area contributed by atoms with Gasteiger partial charge in [0.05, 0.1) is 4.90 Å². The Bertz CT molecular complexity index is 594. The molecule has 1 atom stereocenters. The largest absolute Gasteiger partial charge is 0.350 e. The molecular formula is C13H20N2O3S. The Kier molecular flexibility index (Phi) is 4.70. The molecular weight excluding hydrogens is 264 g/mol. The summed E-state index contributed by atoms with van der Waals surface area (Å²) in [6.07, 6.45) is 0.804. The molecule has 0 spiro atoms. The zero-order valence-electron chi connectivity index (χ0n) is 11.6. The number of carbonyl (C=O) groups is 1. The lowest BCUT2D eigenvalue weighted by Gasteiger charge is -2.14. The number of amides is 1. The summed E-state index contributed by atoms with van der Waals surface area (Å²) in [7, 11) is -3.82. The van der Waals surface area contributed by atoms with Crippen LogP contribution in [0.2, 0.25) is 0 Å². The molecule has 0 saturated heterocycles. The van der Waals surface area contributed by atoms with Crippen molar-refractivity contribution in [1.82, 2.24) is 5.32 Å². The molecule has 0 bridgehead atoms. The van der Waals surface area contributed by atoms with Gasteiger partial charge in [0.25, 0.3) is 5.91 Å². The summed E-state index contributed by atoms with van der Waals surface area (Å²) in [5.74, 6) is -0.281. The third-order valence-corrected chi connectivity index (χ3v) is 4.12. The third kappa shape index (κ3) is 3.78. The van der Waals surface area contributed by atoms with E-state index in [1.807, 2.05) is 13.8 Å². The van der Waals surface area contributed by atoms with Crippen molar-refractivity contribution in [3.63, 3.8) is 0 Å².